The monoisotopic (exact) mass is 349 g/mol. The molecule has 0 aliphatic carbocycles. The second kappa shape index (κ2) is 7.33. The van der Waals surface area contributed by atoms with Gasteiger partial charge in [0.15, 0.2) is 5.60 Å². The summed E-state index contributed by atoms with van der Waals surface area (Å²) in [6.07, 6.45) is -0.0769. The zero-order valence-electron chi connectivity index (χ0n) is 15.2. The van der Waals surface area contributed by atoms with Crippen molar-refractivity contribution in [1.29, 1.82) is 0 Å². The molecule has 1 fully saturated rings. The van der Waals surface area contributed by atoms with Crippen molar-refractivity contribution < 1.29 is 24.5 Å². The first kappa shape index (κ1) is 19.1. The summed E-state index contributed by atoms with van der Waals surface area (Å²) in [4.78, 5) is 24.1. The summed E-state index contributed by atoms with van der Waals surface area (Å²) < 4.78 is 5.64. The van der Waals surface area contributed by atoms with E-state index in [0.29, 0.717) is 30.7 Å². The summed E-state index contributed by atoms with van der Waals surface area (Å²) in [5.74, 6) is 0.327. The van der Waals surface area contributed by atoms with Gasteiger partial charge in [-0.15, -0.1) is 0 Å². The van der Waals surface area contributed by atoms with Gasteiger partial charge in [0.25, 0.3) is 0 Å². The van der Waals surface area contributed by atoms with Gasteiger partial charge in [0.1, 0.15) is 5.75 Å². The van der Waals surface area contributed by atoms with Crippen molar-refractivity contribution in [3.8, 4) is 5.75 Å². The highest BCUT2D eigenvalue weighted by atomic mass is 16.5. The van der Waals surface area contributed by atoms with Crippen LogP contribution in [0.2, 0.25) is 0 Å². The lowest BCUT2D eigenvalue weighted by atomic mass is 9.75. The molecular weight excluding hydrogens is 322 g/mol. The van der Waals surface area contributed by atoms with E-state index in [-0.39, 0.29) is 5.92 Å². The molecule has 1 unspecified atom stereocenters. The smallest absolute Gasteiger partial charge is 0.407 e. The summed E-state index contributed by atoms with van der Waals surface area (Å²) in [7, 11) is 0. The van der Waals surface area contributed by atoms with Crippen molar-refractivity contribution in [2.24, 2.45) is 11.8 Å². The second-order valence-corrected chi connectivity index (χ2v) is 7.52. The molecule has 1 aromatic rings. The van der Waals surface area contributed by atoms with Crippen LogP contribution >= 0.6 is 0 Å². The Labute approximate surface area is 148 Å². The third-order valence-corrected chi connectivity index (χ3v) is 4.97. The maximum atomic E-state index is 11.4. The lowest BCUT2D eigenvalue weighted by Gasteiger charge is -2.39. The van der Waals surface area contributed by atoms with E-state index in [2.05, 4.69) is 13.8 Å². The minimum atomic E-state index is -1.32. The van der Waals surface area contributed by atoms with Crippen molar-refractivity contribution in [1.82, 2.24) is 4.90 Å². The van der Waals surface area contributed by atoms with E-state index >= 15 is 0 Å². The lowest BCUT2D eigenvalue weighted by Crippen LogP contribution is -2.43. The van der Waals surface area contributed by atoms with E-state index in [1.807, 2.05) is 18.2 Å². The van der Waals surface area contributed by atoms with E-state index < -0.39 is 17.7 Å². The van der Waals surface area contributed by atoms with Crippen molar-refractivity contribution in [3.63, 3.8) is 0 Å². The largest absolute Gasteiger partial charge is 0.478 e. The summed E-state index contributed by atoms with van der Waals surface area (Å²) in [6, 6.07) is 7.37. The Balaban J connectivity index is 2.29. The zero-order chi connectivity index (χ0) is 18.8. The van der Waals surface area contributed by atoms with Gasteiger partial charge in [-0.25, -0.2) is 9.59 Å². The van der Waals surface area contributed by atoms with Crippen molar-refractivity contribution in [2.45, 2.75) is 45.6 Å². The molecule has 0 bridgehead atoms. The number of likely N-dealkylation sites (tertiary alicyclic amines) is 1. The first-order chi connectivity index (χ1) is 11.6. The first-order valence-electron chi connectivity index (χ1n) is 8.62. The van der Waals surface area contributed by atoms with Gasteiger partial charge in [-0.1, -0.05) is 26.0 Å². The third-order valence-electron chi connectivity index (χ3n) is 4.97. The number of hydrogen-bond donors (Lipinski definition) is 2. The van der Waals surface area contributed by atoms with E-state index in [9.17, 15) is 19.8 Å². The van der Waals surface area contributed by atoms with Crippen LogP contribution in [0.5, 0.6) is 5.75 Å². The van der Waals surface area contributed by atoms with Crippen molar-refractivity contribution in [3.05, 3.63) is 29.8 Å². The number of hydrogen-bond acceptors (Lipinski definition) is 3. The molecule has 2 N–H and O–H groups in total. The number of ether oxygens (including phenoxy) is 1. The number of carboxylic acids is 1. The molecule has 1 aliphatic rings. The molecular formula is C19H27NO5. The number of carboxylic acid groups (broad SMARTS) is 2. The Hall–Kier alpha value is -2.24. The van der Waals surface area contributed by atoms with Gasteiger partial charge in [0, 0.05) is 19.0 Å². The van der Waals surface area contributed by atoms with Crippen LogP contribution < -0.4 is 4.74 Å². The van der Waals surface area contributed by atoms with Gasteiger partial charge >= 0.3 is 12.1 Å². The maximum Gasteiger partial charge on any atom is 0.407 e. The van der Waals surface area contributed by atoms with Crippen LogP contribution in [0, 0.1) is 11.8 Å². The molecule has 138 valence electrons. The highest BCUT2D eigenvalue weighted by Gasteiger charge is 2.35. The summed E-state index contributed by atoms with van der Waals surface area (Å²) in [6.45, 7) is 8.32. The fourth-order valence-electron chi connectivity index (χ4n) is 3.44. The van der Waals surface area contributed by atoms with Crippen LogP contribution in [0.3, 0.4) is 0 Å². The Morgan fingerprint density at radius 1 is 1.28 bits per heavy atom. The van der Waals surface area contributed by atoms with E-state index in [0.717, 1.165) is 12.0 Å². The van der Waals surface area contributed by atoms with Gasteiger partial charge in [0.05, 0.1) is 0 Å². The molecule has 6 nitrogen and oxygen atoms in total. The molecule has 1 aromatic carbocycles. The number of aliphatic carboxylic acids is 1. The minimum absolute atomic E-state index is 0.0707. The fourth-order valence-corrected chi connectivity index (χ4v) is 3.44. The Bertz CT molecular complexity index is 640. The molecule has 1 saturated heterocycles. The number of rotatable bonds is 5. The lowest BCUT2D eigenvalue weighted by molar-refractivity contribution is -0.152. The Morgan fingerprint density at radius 2 is 1.96 bits per heavy atom. The van der Waals surface area contributed by atoms with E-state index in [4.69, 9.17) is 4.74 Å². The molecule has 1 aliphatic heterocycles. The van der Waals surface area contributed by atoms with Gasteiger partial charge in [0.2, 0.25) is 0 Å². The van der Waals surface area contributed by atoms with Crippen LogP contribution in [-0.2, 0) is 4.79 Å². The van der Waals surface area contributed by atoms with Crippen LogP contribution in [0.15, 0.2) is 24.3 Å². The molecule has 0 saturated carbocycles. The molecule has 2 atom stereocenters. The van der Waals surface area contributed by atoms with E-state index in [1.54, 1.807) is 6.07 Å². The maximum absolute atomic E-state index is 11.4. The first-order valence-corrected chi connectivity index (χ1v) is 8.62. The standard InChI is InChI=1S/C19H27NO5/c1-12(2)15-8-9-20(18(23)24)11-16(15)13-6-5-7-14(10-13)25-19(3,4)17(21)22/h5-7,10,12,15-16H,8-9,11H2,1-4H3,(H,21,22)(H,23,24)/t15?,16-/m0/s1. The fraction of sp³-hybridized carbons (Fsp3) is 0.579. The van der Waals surface area contributed by atoms with Gasteiger partial charge in [-0.3, -0.25) is 0 Å². The average molecular weight is 349 g/mol. The van der Waals surface area contributed by atoms with Gasteiger partial charge in [-0.2, -0.15) is 0 Å². The van der Waals surface area contributed by atoms with Crippen LogP contribution in [0.25, 0.3) is 0 Å². The van der Waals surface area contributed by atoms with Crippen molar-refractivity contribution >= 4 is 12.1 Å². The zero-order valence-corrected chi connectivity index (χ0v) is 15.2. The average Bonchev–Trinajstić information content (AvgIpc) is 2.53. The predicted molar refractivity (Wildman–Crippen MR) is 94.1 cm³/mol. The quantitative estimate of drug-likeness (QED) is 0.847. The molecule has 1 heterocycles. The van der Waals surface area contributed by atoms with Crippen molar-refractivity contribution in [2.75, 3.05) is 13.1 Å². The highest BCUT2D eigenvalue weighted by Crippen LogP contribution is 2.38. The molecule has 0 spiro atoms. The summed E-state index contributed by atoms with van der Waals surface area (Å²) in [5.41, 5.74) is -0.334. The number of piperidine rings is 1. The Morgan fingerprint density at radius 3 is 2.52 bits per heavy atom. The number of amides is 1. The van der Waals surface area contributed by atoms with Gasteiger partial charge in [-0.05, 0) is 49.8 Å². The predicted octanol–water partition coefficient (Wildman–Crippen LogP) is 3.67. The molecule has 0 aromatic heterocycles. The third kappa shape index (κ3) is 4.44. The molecule has 0 radical (unpaired) electrons. The number of nitrogens with zero attached hydrogens (tertiary/aromatic N) is 1. The van der Waals surface area contributed by atoms with Crippen LogP contribution in [0.1, 0.15) is 45.6 Å². The number of benzene rings is 1. The Kier molecular flexibility index (Phi) is 5.60. The molecule has 2 rings (SSSR count). The van der Waals surface area contributed by atoms with E-state index in [1.165, 1.54) is 18.7 Å². The van der Waals surface area contributed by atoms with Gasteiger partial charge < -0.3 is 19.8 Å². The topological polar surface area (TPSA) is 87.1 Å². The summed E-state index contributed by atoms with van der Waals surface area (Å²) >= 11 is 0. The molecule has 1 amide bonds. The SMILES string of the molecule is CC(C)C1CCN(C(=O)O)C[C@H]1c1cccc(OC(C)(C)C(=O)O)c1. The summed E-state index contributed by atoms with van der Waals surface area (Å²) in [5, 5.41) is 18.6. The molecule has 25 heavy (non-hydrogen) atoms. The number of carbonyl (C=O) groups is 2. The highest BCUT2D eigenvalue weighted by molar-refractivity contribution is 5.76. The van der Waals surface area contributed by atoms with Crippen LogP contribution in [0.4, 0.5) is 4.79 Å². The normalized spacial score (nSPS) is 21.2. The molecule has 6 heteroatoms. The second-order valence-electron chi connectivity index (χ2n) is 7.52. The van der Waals surface area contributed by atoms with Crippen LogP contribution in [-0.4, -0.2) is 45.9 Å². The minimum Gasteiger partial charge on any atom is -0.478 e.